The summed E-state index contributed by atoms with van der Waals surface area (Å²) in [7, 11) is 1.86. The van der Waals surface area contributed by atoms with Gasteiger partial charge in [-0.15, -0.1) is 6.58 Å². The minimum atomic E-state index is 0.696. The van der Waals surface area contributed by atoms with Crippen molar-refractivity contribution in [1.29, 1.82) is 0 Å². The highest BCUT2D eigenvalue weighted by molar-refractivity contribution is 7.99. The molecule has 0 aliphatic rings. The van der Waals surface area contributed by atoms with E-state index in [-0.39, 0.29) is 0 Å². The predicted molar refractivity (Wildman–Crippen MR) is 63.6 cm³/mol. The molecule has 0 saturated carbocycles. The van der Waals surface area contributed by atoms with Gasteiger partial charge in [-0.25, -0.2) is 0 Å². The Kier molecular flexibility index (Phi) is 4.39. The number of nitrogens with zero attached hydrogens (tertiary/aromatic N) is 2. The third-order valence-corrected chi connectivity index (χ3v) is 2.60. The molecule has 1 rings (SSSR count). The van der Waals surface area contributed by atoms with E-state index in [0.29, 0.717) is 5.69 Å². The number of nitrogens with one attached hydrogen (secondary N) is 1. The maximum Gasteiger partial charge on any atom is 0.171 e. The van der Waals surface area contributed by atoms with Gasteiger partial charge in [0.05, 0.1) is 5.69 Å². The number of hydrogen-bond donors (Lipinski definition) is 2. The number of anilines is 2. The van der Waals surface area contributed by atoms with E-state index in [9.17, 15) is 0 Å². The molecule has 1 aromatic heterocycles. The van der Waals surface area contributed by atoms with Crippen LogP contribution >= 0.6 is 11.8 Å². The van der Waals surface area contributed by atoms with E-state index in [1.807, 2.05) is 24.9 Å². The van der Waals surface area contributed by atoms with E-state index in [0.717, 1.165) is 23.9 Å². The number of aromatic nitrogens is 2. The fraction of sp³-hybridized carbons (Fsp3) is 0.444. The largest absolute Gasteiger partial charge is 0.394 e. The van der Waals surface area contributed by atoms with Crippen molar-refractivity contribution < 1.29 is 0 Å². The number of thioether (sulfide) groups is 1. The van der Waals surface area contributed by atoms with Crippen LogP contribution in [0.4, 0.5) is 11.5 Å². The molecule has 4 nitrogen and oxygen atoms in total. The molecule has 1 heterocycles. The molecule has 0 fully saturated rings. The van der Waals surface area contributed by atoms with Crippen molar-refractivity contribution in [3.05, 3.63) is 18.9 Å². The van der Waals surface area contributed by atoms with Gasteiger partial charge in [0.25, 0.3) is 0 Å². The van der Waals surface area contributed by atoms with E-state index in [2.05, 4.69) is 17.0 Å². The maximum absolute atomic E-state index is 5.71. The highest BCUT2D eigenvalue weighted by Crippen LogP contribution is 2.13. The van der Waals surface area contributed by atoms with Gasteiger partial charge in [-0.05, 0) is 0 Å². The van der Waals surface area contributed by atoms with Crippen molar-refractivity contribution in [3.8, 4) is 0 Å². The summed E-state index contributed by atoms with van der Waals surface area (Å²) in [5.74, 6) is 2.79. The molecule has 0 radical (unpaired) electrons. The van der Waals surface area contributed by atoms with Crippen LogP contribution in [0.25, 0.3) is 0 Å². The molecule has 5 heteroatoms. The molecule has 0 aromatic carbocycles. The molecule has 1 aromatic rings. The van der Waals surface area contributed by atoms with E-state index < -0.39 is 0 Å². The molecular weight excluding hydrogens is 196 g/mol. The van der Waals surface area contributed by atoms with Crippen LogP contribution in [0.3, 0.4) is 0 Å². The van der Waals surface area contributed by atoms with E-state index in [1.165, 1.54) is 0 Å². The van der Waals surface area contributed by atoms with E-state index in [4.69, 9.17) is 5.73 Å². The summed E-state index contributed by atoms with van der Waals surface area (Å²) in [5.41, 5.74) is 6.41. The SMILES string of the molecule is C=CCSCCNc1nn(C)cc1N. The van der Waals surface area contributed by atoms with E-state index in [1.54, 1.807) is 10.9 Å². The molecule has 0 atom stereocenters. The number of hydrogen-bond acceptors (Lipinski definition) is 4. The Hall–Kier alpha value is -1.10. The van der Waals surface area contributed by atoms with Gasteiger partial charge in [0.15, 0.2) is 5.82 Å². The van der Waals surface area contributed by atoms with Crippen LogP contribution < -0.4 is 11.1 Å². The van der Waals surface area contributed by atoms with Gasteiger partial charge in [-0.3, -0.25) is 4.68 Å². The normalized spacial score (nSPS) is 10.1. The zero-order valence-corrected chi connectivity index (χ0v) is 9.18. The highest BCUT2D eigenvalue weighted by atomic mass is 32.2. The van der Waals surface area contributed by atoms with Gasteiger partial charge in [0, 0.05) is 31.3 Å². The first-order valence-corrected chi connectivity index (χ1v) is 5.61. The average molecular weight is 212 g/mol. The lowest BCUT2D eigenvalue weighted by Gasteiger charge is -2.02. The van der Waals surface area contributed by atoms with Crippen LogP contribution in [-0.4, -0.2) is 27.8 Å². The Morgan fingerprint density at radius 2 is 2.57 bits per heavy atom. The molecule has 0 spiro atoms. The Labute approximate surface area is 88.6 Å². The lowest BCUT2D eigenvalue weighted by Crippen LogP contribution is -2.06. The van der Waals surface area contributed by atoms with Crippen molar-refractivity contribution in [3.63, 3.8) is 0 Å². The topological polar surface area (TPSA) is 55.9 Å². The third-order valence-electron chi connectivity index (χ3n) is 1.63. The Morgan fingerprint density at radius 1 is 1.79 bits per heavy atom. The summed E-state index contributed by atoms with van der Waals surface area (Å²) in [6.07, 6.45) is 3.69. The molecule has 3 N–H and O–H groups in total. The fourth-order valence-electron chi connectivity index (χ4n) is 1.05. The Balaban J connectivity index is 2.24. The second-order valence-corrected chi connectivity index (χ2v) is 4.05. The van der Waals surface area contributed by atoms with Crippen molar-refractivity contribution >= 4 is 23.3 Å². The third kappa shape index (κ3) is 3.33. The van der Waals surface area contributed by atoms with Crippen molar-refractivity contribution in [2.75, 3.05) is 29.1 Å². The maximum atomic E-state index is 5.71. The molecule has 0 bridgehead atoms. The van der Waals surface area contributed by atoms with Crippen LogP contribution in [0, 0.1) is 0 Å². The summed E-state index contributed by atoms with van der Waals surface area (Å²) >= 11 is 1.83. The lowest BCUT2D eigenvalue weighted by atomic mass is 10.5. The smallest absolute Gasteiger partial charge is 0.171 e. The van der Waals surface area contributed by atoms with Crippen molar-refractivity contribution in [2.45, 2.75) is 0 Å². The Morgan fingerprint density at radius 3 is 3.14 bits per heavy atom. The minimum absolute atomic E-state index is 0.696. The number of nitrogen functional groups attached to an aromatic ring is 1. The number of rotatable bonds is 6. The summed E-state index contributed by atoms with van der Waals surface area (Å²) in [5, 5.41) is 7.36. The van der Waals surface area contributed by atoms with Gasteiger partial charge in [-0.2, -0.15) is 16.9 Å². The lowest BCUT2D eigenvalue weighted by molar-refractivity contribution is 0.769. The minimum Gasteiger partial charge on any atom is -0.394 e. The number of nitrogens with two attached hydrogens (primary N) is 1. The van der Waals surface area contributed by atoms with Crippen LogP contribution in [0.2, 0.25) is 0 Å². The molecule has 78 valence electrons. The standard InChI is InChI=1S/C9H16N4S/c1-3-5-14-6-4-11-9-8(10)7-13(2)12-9/h3,7H,1,4-6,10H2,2H3,(H,11,12). The van der Waals surface area contributed by atoms with Gasteiger partial charge in [-0.1, -0.05) is 6.08 Å². The molecule has 0 unspecified atom stereocenters. The summed E-state index contributed by atoms with van der Waals surface area (Å²) < 4.78 is 1.70. The van der Waals surface area contributed by atoms with Crippen LogP contribution in [0.15, 0.2) is 18.9 Å². The van der Waals surface area contributed by atoms with Gasteiger partial charge in [0.1, 0.15) is 0 Å². The molecule has 0 saturated heterocycles. The average Bonchev–Trinajstić information content (AvgIpc) is 2.45. The molecule has 0 aliphatic heterocycles. The summed E-state index contributed by atoms with van der Waals surface area (Å²) in [4.78, 5) is 0. The first-order chi connectivity index (χ1) is 6.74. The molecule has 14 heavy (non-hydrogen) atoms. The van der Waals surface area contributed by atoms with Crippen molar-refractivity contribution in [2.24, 2.45) is 7.05 Å². The molecule has 0 aliphatic carbocycles. The van der Waals surface area contributed by atoms with Crippen LogP contribution in [-0.2, 0) is 7.05 Å². The molecular formula is C9H16N4S. The second-order valence-electron chi connectivity index (χ2n) is 2.90. The van der Waals surface area contributed by atoms with Gasteiger partial charge >= 0.3 is 0 Å². The predicted octanol–water partition coefficient (Wildman–Crippen LogP) is 1.33. The second kappa shape index (κ2) is 5.59. The Bertz CT molecular complexity index is 295. The zero-order chi connectivity index (χ0) is 10.4. The highest BCUT2D eigenvalue weighted by Gasteiger charge is 2.01. The zero-order valence-electron chi connectivity index (χ0n) is 8.36. The first kappa shape index (κ1) is 11.0. The fourth-order valence-corrected chi connectivity index (χ4v) is 1.63. The quantitative estimate of drug-likeness (QED) is 0.552. The van der Waals surface area contributed by atoms with Crippen LogP contribution in [0.5, 0.6) is 0 Å². The first-order valence-electron chi connectivity index (χ1n) is 4.45. The van der Waals surface area contributed by atoms with E-state index >= 15 is 0 Å². The van der Waals surface area contributed by atoms with Crippen LogP contribution in [0.1, 0.15) is 0 Å². The summed E-state index contributed by atoms with van der Waals surface area (Å²) in [6.45, 7) is 4.53. The molecule has 0 amide bonds. The van der Waals surface area contributed by atoms with Gasteiger partial charge in [0.2, 0.25) is 0 Å². The number of aryl methyl sites for hydroxylation is 1. The summed E-state index contributed by atoms with van der Waals surface area (Å²) in [6, 6.07) is 0. The monoisotopic (exact) mass is 212 g/mol. The van der Waals surface area contributed by atoms with Gasteiger partial charge < -0.3 is 11.1 Å². The van der Waals surface area contributed by atoms with Crippen molar-refractivity contribution in [1.82, 2.24) is 9.78 Å².